The molecule has 70 valence electrons. The van der Waals surface area contributed by atoms with Gasteiger partial charge in [-0.15, -0.1) is 12.4 Å². The van der Waals surface area contributed by atoms with Crippen LogP contribution in [0.2, 0.25) is 0 Å². The third kappa shape index (κ3) is 1.90. The van der Waals surface area contributed by atoms with E-state index in [2.05, 4.69) is 0 Å². The second-order valence-electron chi connectivity index (χ2n) is 3.32. The summed E-state index contributed by atoms with van der Waals surface area (Å²) in [5, 5.41) is 0. The van der Waals surface area contributed by atoms with E-state index in [4.69, 9.17) is 4.74 Å². The van der Waals surface area contributed by atoms with Crippen molar-refractivity contribution in [1.82, 2.24) is 4.90 Å². The Labute approximate surface area is 78.5 Å². The zero-order valence-electron chi connectivity index (χ0n) is 6.94. The normalized spacial score (nSPS) is 29.3. The maximum Gasteiger partial charge on any atom is 0.210 e. The van der Waals surface area contributed by atoms with E-state index in [1.165, 1.54) is 12.8 Å². The molecule has 0 radical (unpaired) electrons. The molecule has 0 N–H and O–H groups in total. The number of hydrogen-bond donors (Lipinski definition) is 0. The number of hydrogen-bond acceptors (Lipinski definition) is 2. The maximum atomic E-state index is 10.6. The van der Waals surface area contributed by atoms with Gasteiger partial charge < -0.3 is 9.64 Å². The second kappa shape index (κ2) is 4.10. The van der Waals surface area contributed by atoms with Gasteiger partial charge >= 0.3 is 0 Å². The zero-order valence-corrected chi connectivity index (χ0v) is 7.76. The smallest absolute Gasteiger partial charge is 0.210 e. The number of halogens is 1. The molecule has 0 unspecified atom stereocenters. The third-order valence-corrected chi connectivity index (χ3v) is 2.51. The summed E-state index contributed by atoms with van der Waals surface area (Å²) in [6.45, 7) is 2.25. The Morgan fingerprint density at radius 3 is 2.75 bits per heavy atom. The quantitative estimate of drug-likeness (QED) is 0.601. The largest absolute Gasteiger partial charge is 0.377 e. The van der Waals surface area contributed by atoms with Crippen molar-refractivity contribution in [3.8, 4) is 0 Å². The molecular weight excluding hydrogens is 178 g/mol. The molecule has 1 amide bonds. The van der Waals surface area contributed by atoms with Crippen LogP contribution in [0, 0.1) is 5.92 Å². The van der Waals surface area contributed by atoms with Gasteiger partial charge in [-0.3, -0.25) is 4.79 Å². The molecule has 0 aromatic carbocycles. The summed E-state index contributed by atoms with van der Waals surface area (Å²) in [4.78, 5) is 12.5. The number of rotatable bonds is 2. The van der Waals surface area contributed by atoms with Gasteiger partial charge in [-0.2, -0.15) is 0 Å². The first-order chi connectivity index (χ1) is 5.42. The van der Waals surface area contributed by atoms with Crippen molar-refractivity contribution in [1.29, 1.82) is 0 Å². The van der Waals surface area contributed by atoms with Crippen LogP contribution in [0.25, 0.3) is 0 Å². The lowest BCUT2D eigenvalue weighted by molar-refractivity contribution is -0.127. The molecule has 2 fully saturated rings. The third-order valence-electron chi connectivity index (χ3n) is 2.51. The molecule has 2 rings (SSSR count). The lowest BCUT2D eigenvalue weighted by Crippen LogP contribution is -2.45. The topological polar surface area (TPSA) is 29.5 Å². The molecule has 1 aliphatic heterocycles. The summed E-state index contributed by atoms with van der Waals surface area (Å²) >= 11 is 0. The van der Waals surface area contributed by atoms with Crippen LogP contribution in [0.3, 0.4) is 0 Å². The first kappa shape index (κ1) is 9.81. The SMILES string of the molecule is Cl.O=CN1CCOC[C@@H]1C1CC1. The van der Waals surface area contributed by atoms with Crippen molar-refractivity contribution >= 4 is 18.8 Å². The van der Waals surface area contributed by atoms with E-state index in [1.807, 2.05) is 4.90 Å². The standard InChI is InChI=1S/C8H13NO2.ClH/c10-6-9-3-4-11-5-8(9)7-1-2-7;/h6-8H,1-5H2;1H/t8-;/m1./s1. The van der Waals surface area contributed by atoms with E-state index < -0.39 is 0 Å². The molecule has 1 atom stereocenters. The van der Waals surface area contributed by atoms with Crippen LogP contribution in [0.4, 0.5) is 0 Å². The van der Waals surface area contributed by atoms with Crippen molar-refractivity contribution in [2.75, 3.05) is 19.8 Å². The lowest BCUT2D eigenvalue weighted by Gasteiger charge is -2.32. The van der Waals surface area contributed by atoms with E-state index in [1.54, 1.807) is 0 Å². The van der Waals surface area contributed by atoms with Crippen LogP contribution in [0.5, 0.6) is 0 Å². The molecule has 0 bridgehead atoms. The summed E-state index contributed by atoms with van der Waals surface area (Å²) in [7, 11) is 0. The highest BCUT2D eigenvalue weighted by atomic mass is 35.5. The number of carbonyl (C=O) groups is 1. The zero-order chi connectivity index (χ0) is 7.68. The molecule has 1 saturated heterocycles. The van der Waals surface area contributed by atoms with E-state index in [0.29, 0.717) is 12.6 Å². The molecule has 0 aromatic rings. The monoisotopic (exact) mass is 191 g/mol. The molecule has 1 saturated carbocycles. The van der Waals surface area contributed by atoms with Gasteiger partial charge in [0.1, 0.15) is 0 Å². The van der Waals surface area contributed by atoms with Crippen LogP contribution >= 0.6 is 12.4 Å². The van der Waals surface area contributed by atoms with Gasteiger partial charge in [-0.25, -0.2) is 0 Å². The van der Waals surface area contributed by atoms with Crippen molar-refractivity contribution in [3.63, 3.8) is 0 Å². The van der Waals surface area contributed by atoms with Crippen LogP contribution < -0.4 is 0 Å². The number of morpholine rings is 1. The van der Waals surface area contributed by atoms with E-state index in [-0.39, 0.29) is 12.4 Å². The predicted octanol–water partition coefficient (Wildman–Crippen LogP) is 0.675. The van der Waals surface area contributed by atoms with Gasteiger partial charge in [0, 0.05) is 6.54 Å². The van der Waals surface area contributed by atoms with Crippen molar-refractivity contribution in [3.05, 3.63) is 0 Å². The average molecular weight is 192 g/mol. The Balaban J connectivity index is 0.000000720. The Bertz CT molecular complexity index is 161. The van der Waals surface area contributed by atoms with Crippen LogP contribution in [-0.4, -0.2) is 37.1 Å². The summed E-state index contributed by atoms with van der Waals surface area (Å²) < 4.78 is 5.31. The van der Waals surface area contributed by atoms with E-state index in [0.717, 1.165) is 25.5 Å². The number of amides is 1. The minimum atomic E-state index is 0. The predicted molar refractivity (Wildman–Crippen MR) is 47.3 cm³/mol. The summed E-state index contributed by atoms with van der Waals surface area (Å²) in [6, 6.07) is 0.390. The molecule has 1 heterocycles. The highest BCUT2D eigenvalue weighted by molar-refractivity contribution is 5.85. The molecule has 0 spiro atoms. The van der Waals surface area contributed by atoms with Crippen LogP contribution in [0.15, 0.2) is 0 Å². The Hall–Kier alpha value is -0.280. The maximum absolute atomic E-state index is 10.6. The first-order valence-electron chi connectivity index (χ1n) is 4.20. The van der Waals surface area contributed by atoms with Gasteiger partial charge in [0.2, 0.25) is 6.41 Å². The van der Waals surface area contributed by atoms with Crippen molar-refractivity contribution in [2.24, 2.45) is 5.92 Å². The minimum Gasteiger partial charge on any atom is -0.377 e. The highest BCUT2D eigenvalue weighted by Gasteiger charge is 2.36. The fourth-order valence-electron chi connectivity index (χ4n) is 1.65. The van der Waals surface area contributed by atoms with Gasteiger partial charge in [-0.1, -0.05) is 0 Å². The number of nitrogens with zero attached hydrogens (tertiary/aromatic N) is 1. The summed E-state index contributed by atoms with van der Waals surface area (Å²) in [5.74, 6) is 0.737. The fraction of sp³-hybridized carbons (Fsp3) is 0.875. The van der Waals surface area contributed by atoms with Gasteiger partial charge in [0.05, 0.1) is 19.3 Å². The minimum absolute atomic E-state index is 0. The Kier molecular flexibility index (Phi) is 3.35. The molecule has 1 aliphatic carbocycles. The van der Waals surface area contributed by atoms with Gasteiger partial charge in [0.25, 0.3) is 0 Å². The number of ether oxygens (including phenoxy) is 1. The fourth-order valence-corrected chi connectivity index (χ4v) is 1.65. The highest BCUT2D eigenvalue weighted by Crippen LogP contribution is 2.35. The van der Waals surface area contributed by atoms with E-state index >= 15 is 0 Å². The van der Waals surface area contributed by atoms with Crippen molar-refractivity contribution in [2.45, 2.75) is 18.9 Å². The summed E-state index contributed by atoms with van der Waals surface area (Å²) in [5.41, 5.74) is 0. The summed E-state index contributed by atoms with van der Waals surface area (Å²) in [6.07, 6.45) is 3.52. The molecule has 12 heavy (non-hydrogen) atoms. The Morgan fingerprint density at radius 2 is 2.17 bits per heavy atom. The molecular formula is C8H14ClNO2. The second-order valence-corrected chi connectivity index (χ2v) is 3.32. The van der Waals surface area contributed by atoms with E-state index in [9.17, 15) is 4.79 Å². The van der Waals surface area contributed by atoms with Crippen LogP contribution in [-0.2, 0) is 9.53 Å². The van der Waals surface area contributed by atoms with Gasteiger partial charge in [-0.05, 0) is 18.8 Å². The first-order valence-corrected chi connectivity index (χ1v) is 4.20. The lowest BCUT2D eigenvalue weighted by atomic mass is 10.1. The van der Waals surface area contributed by atoms with Crippen molar-refractivity contribution < 1.29 is 9.53 Å². The molecule has 4 heteroatoms. The molecule has 2 aliphatic rings. The van der Waals surface area contributed by atoms with Crippen LogP contribution in [0.1, 0.15) is 12.8 Å². The average Bonchev–Trinajstić information content (AvgIpc) is 2.87. The van der Waals surface area contributed by atoms with Gasteiger partial charge in [0.15, 0.2) is 0 Å². The molecule has 0 aromatic heterocycles. The Morgan fingerprint density at radius 1 is 1.42 bits per heavy atom. The number of carbonyl (C=O) groups excluding carboxylic acids is 1. The molecule has 3 nitrogen and oxygen atoms in total.